The summed E-state index contributed by atoms with van der Waals surface area (Å²) in [6, 6.07) is 0. The normalized spacial score (nSPS) is 11.6. The Morgan fingerprint density at radius 1 is 1.14 bits per heavy atom. The van der Waals surface area contributed by atoms with Crippen molar-refractivity contribution >= 4 is 11.9 Å². The van der Waals surface area contributed by atoms with Gasteiger partial charge in [-0.05, 0) is 6.92 Å². The number of ether oxygens (including phenoxy) is 4. The highest BCUT2D eigenvalue weighted by Crippen LogP contribution is 1.88. The van der Waals surface area contributed by atoms with Gasteiger partial charge in [-0.15, -0.1) is 0 Å². The molecule has 0 aliphatic carbocycles. The third kappa shape index (κ3) is 20.8. The Morgan fingerprint density at radius 3 is 2.27 bits per heavy atom. The first kappa shape index (κ1) is 22.8. The maximum absolute atomic E-state index is 10.1. The number of rotatable bonds is 11. The molecule has 0 aromatic heterocycles. The smallest absolute Gasteiger partial charge is 0.330 e. The molecule has 0 fully saturated rings. The number of carbonyl (C=O) groups is 2. The van der Waals surface area contributed by atoms with Crippen molar-refractivity contribution in [2.45, 2.75) is 13.2 Å². The highest BCUT2D eigenvalue weighted by atomic mass is 16.6. The molecule has 0 amide bonds. The van der Waals surface area contributed by atoms with E-state index in [0.717, 1.165) is 6.08 Å². The molecule has 0 saturated heterocycles. The van der Waals surface area contributed by atoms with Gasteiger partial charge < -0.3 is 34.3 Å². The lowest BCUT2D eigenvalue weighted by Gasteiger charge is -2.10. The zero-order chi connectivity index (χ0) is 17.2. The molecule has 0 radical (unpaired) electrons. The van der Waals surface area contributed by atoms with E-state index >= 15 is 0 Å². The van der Waals surface area contributed by atoms with E-state index in [-0.39, 0.29) is 13.2 Å². The van der Waals surface area contributed by atoms with E-state index in [1.807, 2.05) is 0 Å². The predicted octanol–water partition coefficient (Wildman–Crippen LogP) is -0.833. The molecule has 0 spiro atoms. The SMILES string of the molecule is CCOC(O)COCCOCCO.COC(=O)/C=C/C(=O)O. The van der Waals surface area contributed by atoms with E-state index in [1.165, 1.54) is 7.11 Å². The largest absolute Gasteiger partial charge is 0.478 e. The average molecular weight is 324 g/mol. The summed E-state index contributed by atoms with van der Waals surface area (Å²) in [5.74, 6) is -1.84. The lowest BCUT2D eigenvalue weighted by Crippen LogP contribution is -2.20. The molecule has 0 aromatic rings. The Bertz CT molecular complexity index is 304. The number of esters is 1. The van der Waals surface area contributed by atoms with Crippen molar-refractivity contribution in [3.8, 4) is 0 Å². The van der Waals surface area contributed by atoms with Crippen LogP contribution in [0, 0.1) is 0 Å². The fourth-order valence-corrected chi connectivity index (χ4v) is 0.916. The molecule has 0 aromatic carbocycles. The van der Waals surface area contributed by atoms with Crippen LogP contribution in [0.15, 0.2) is 12.2 Å². The van der Waals surface area contributed by atoms with Gasteiger partial charge in [0, 0.05) is 18.8 Å². The minimum Gasteiger partial charge on any atom is -0.478 e. The molecule has 0 rings (SSSR count). The zero-order valence-corrected chi connectivity index (χ0v) is 12.8. The van der Waals surface area contributed by atoms with E-state index in [4.69, 9.17) is 29.5 Å². The van der Waals surface area contributed by atoms with Gasteiger partial charge >= 0.3 is 11.9 Å². The number of carboxylic acid groups (broad SMARTS) is 1. The summed E-state index contributed by atoms with van der Waals surface area (Å²) >= 11 is 0. The number of carbonyl (C=O) groups excluding carboxylic acids is 1. The average Bonchev–Trinajstić information content (AvgIpc) is 2.49. The lowest BCUT2D eigenvalue weighted by molar-refractivity contribution is -0.137. The number of aliphatic hydroxyl groups excluding tert-OH is 2. The van der Waals surface area contributed by atoms with Crippen molar-refractivity contribution in [2.24, 2.45) is 0 Å². The van der Waals surface area contributed by atoms with E-state index in [2.05, 4.69) is 4.74 Å². The molecule has 3 N–H and O–H groups in total. The first-order valence-corrected chi connectivity index (χ1v) is 6.52. The van der Waals surface area contributed by atoms with Gasteiger partial charge in [0.05, 0.1) is 40.1 Å². The summed E-state index contributed by atoms with van der Waals surface area (Å²) in [5.41, 5.74) is 0. The van der Waals surface area contributed by atoms with Crippen LogP contribution in [-0.4, -0.2) is 80.3 Å². The van der Waals surface area contributed by atoms with E-state index in [9.17, 15) is 9.59 Å². The standard InChI is InChI=1S/C8H18O5.C5H6O4/c1-2-13-8(10)7-12-6-5-11-4-3-9;1-9-5(8)3-2-4(6)7/h8-10H,2-7H2,1H3;2-3H,1H3,(H,6,7)/b;3-2+. The molecule has 9 nitrogen and oxygen atoms in total. The van der Waals surface area contributed by atoms with Crippen molar-refractivity contribution in [3.05, 3.63) is 12.2 Å². The summed E-state index contributed by atoms with van der Waals surface area (Å²) in [4.78, 5) is 19.9. The summed E-state index contributed by atoms with van der Waals surface area (Å²) in [6.45, 7) is 3.55. The molecule has 130 valence electrons. The van der Waals surface area contributed by atoms with Crippen LogP contribution in [0.1, 0.15) is 6.92 Å². The maximum atomic E-state index is 10.1. The van der Waals surface area contributed by atoms with E-state index < -0.39 is 18.2 Å². The van der Waals surface area contributed by atoms with Gasteiger partial charge in [-0.2, -0.15) is 0 Å². The summed E-state index contributed by atoms with van der Waals surface area (Å²) in [5, 5.41) is 25.3. The minimum atomic E-state index is -1.17. The number of carboxylic acids is 1. The van der Waals surface area contributed by atoms with Crippen molar-refractivity contribution < 1.29 is 43.9 Å². The van der Waals surface area contributed by atoms with Crippen LogP contribution >= 0.6 is 0 Å². The summed E-state index contributed by atoms with van der Waals surface area (Å²) < 4.78 is 18.9. The Balaban J connectivity index is 0. The molecule has 22 heavy (non-hydrogen) atoms. The van der Waals surface area contributed by atoms with Crippen molar-refractivity contribution in [1.82, 2.24) is 0 Å². The first-order chi connectivity index (χ1) is 10.5. The van der Waals surface area contributed by atoms with Crippen LogP contribution in [0.5, 0.6) is 0 Å². The molecule has 9 heteroatoms. The summed E-state index contributed by atoms with van der Waals surface area (Å²) in [6.07, 6.45) is 0.691. The number of aliphatic carboxylic acids is 1. The molecule has 1 unspecified atom stereocenters. The van der Waals surface area contributed by atoms with Gasteiger partial charge in [0.25, 0.3) is 0 Å². The van der Waals surface area contributed by atoms with Crippen LogP contribution < -0.4 is 0 Å². The van der Waals surface area contributed by atoms with Gasteiger partial charge in [-0.1, -0.05) is 0 Å². The second kappa shape index (κ2) is 17.5. The third-order valence-electron chi connectivity index (χ3n) is 1.79. The number of methoxy groups -OCH3 is 1. The van der Waals surface area contributed by atoms with Crippen molar-refractivity contribution in [1.29, 1.82) is 0 Å². The second-order valence-corrected chi connectivity index (χ2v) is 3.52. The van der Waals surface area contributed by atoms with Crippen LogP contribution in [-0.2, 0) is 28.5 Å². The second-order valence-electron chi connectivity index (χ2n) is 3.52. The minimum absolute atomic E-state index is 0.0154. The maximum Gasteiger partial charge on any atom is 0.330 e. The Hall–Kier alpha value is -1.52. The fraction of sp³-hybridized carbons (Fsp3) is 0.692. The lowest BCUT2D eigenvalue weighted by atomic mass is 10.5. The number of hydrogen-bond donors (Lipinski definition) is 3. The van der Waals surface area contributed by atoms with Gasteiger partial charge in [0.15, 0.2) is 6.29 Å². The first-order valence-electron chi connectivity index (χ1n) is 6.52. The quantitative estimate of drug-likeness (QED) is 0.193. The zero-order valence-electron chi connectivity index (χ0n) is 12.8. The van der Waals surface area contributed by atoms with Gasteiger partial charge in [0.1, 0.15) is 0 Å². The fourth-order valence-electron chi connectivity index (χ4n) is 0.916. The molecule has 0 heterocycles. The molecule has 0 bridgehead atoms. The van der Waals surface area contributed by atoms with E-state index in [1.54, 1.807) is 6.92 Å². The predicted molar refractivity (Wildman–Crippen MR) is 75.1 cm³/mol. The highest BCUT2D eigenvalue weighted by Gasteiger charge is 2.01. The van der Waals surface area contributed by atoms with Crippen LogP contribution in [0.25, 0.3) is 0 Å². The van der Waals surface area contributed by atoms with E-state index in [0.29, 0.717) is 32.5 Å². The van der Waals surface area contributed by atoms with Crippen LogP contribution in [0.4, 0.5) is 0 Å². The van der Waals surface area contributed by atoms with Crippen molar-refractivity contribution in [3.63, 3.8) is 0 Å². The van der Waals surface area contributed by atoms with Gasteiger partial charge in [0.2, 0.25) is 0 Å². The molecule has 1 atom stereocenters. The molecular formula is C13H24O9. The molecular weight excluding hydrogens is 300 g/mol. The van der Waals surface area contributed by atoms with Crippen LogP contribution in [0.3, 0.4) is 0 Å². The monoisotopic (exact) mass is 324 g/mol. The Morgan fingerprint density at radius 2 is 1.77 bits per heavy atom. The topological polar surface area (TPSA) is 132 Å². The van der Waals surface area contributed by atoms with Crippen molar-refractivity contribution in [2.75, 3.05) is 46.8 Å². The molecule has 0 aliphatic rings. The van der Waals surface area contributed by atoms with Gasteiger partial charge in [-0.3, -0.25) is 0 Å². The Labute approximate surface area is 129 Å². The third-order valence-corrected chi connectivity index (χ3v) is 1.79. The highest BCUT2D eigenvalue weighted by molar-refractivity contribution is 5.90. The molecule has 0 aliphatic heterocycles. The van der Waals surface area contributed by atoms with Crippen LogP contribution in [0.2, 0.25) is 0 Å². The number of hydrogen-bond acceptors (Lipinski definition) is 8. The van der Waals surface area contributed by atoms with Gasteiger partial charge in [-0.25, -0.2) is 9.59 Å². The Kier molecular flexibility index (Phi) is 18.1. The summed E-state index contributed by atoms with van der Waals surface area (Å²) in [7, 11) is 1.18. The molecule has 0 saturated carbocycles. The number of aliphatic hydroxyl groups is 2.